The molecule has 80 valence electrons. The van der Waals surface area contributed by atoms with E-state index >= 15 is 0 Å². The van der Waals surface area contributed by atoms with Gasteiger partial charge in [0.05, 0.1) is 6.42 Å². The van der Waals surface area contributed by atoms with Crippen LogP contribution in [0.5, 0.6) is 0 Å². The lowest BCUT2D eigenvalue weighted by Crippen LogP contribution is -2.38. The highest BCUT2D eigenvalue weighted by atomic mass is 19.1. The number of carbonyl (C=O) groups is 2. The molecule has 0 aliphatic carbocycles. The molecule has 1 aromatic carbocycles. The lowest BCUT2D eigenvalue weighted by Gasteiger charge is -2.12. The van der Waals surface area contributed by atoms with Crippen LogP contribution < -0.4 is 5.73 Å². The second kappa shape index (κ2) is 4.54. The fourth-order valence-corrected chi connectivity index (χ4v) is 1.05. The average Bonchev–Trinajstić information content (AvgIpc) is 2.20. The van der Waals surface area contributed by atoms with Gasteiger partial charge in [-0.15, -0.1) is 0 Å². The molecule has 1 aromatic rings. The Morgan fingerprint density at radius 2 is 2.00 bits per heavy atom. The van der Waals surface area contributed by atoms with Gasteiger partial charge in [-0.1, -0.05) is 18.2 Å². The molecule has 0 spiro atoms. The Balaban J connectivity index is 2.75. The van der Waals surface area contributed by atoms with Crippen molar-refractivity contribution in [1.82, 2.24) is 4.90 Å². The molecule has 0 aromatic heterocycles. The van der Waals surface area contributed by atoms with Crippen LogP contribution in [0.4, 0.5) is 9.18 Å². The van der Waals surface area contributed by atoms with Crippen LogP contribution in [0, 0.1) is 5.82 Å². The summed E-state index contributed by atoms with van der Waals surface area (Å²) >= 11 is 0. The first-order chi connectivity index (χ1) is 7.02. The highest BCUT2D eigenvalue weighted by Crippen LogP contribution is 2.08. The lowest BCUT2D eigenvalue weighted by molar-refractivity contribution is -0.126. The van der Waals surface area contributed by atoms with Crippen molar-refractivity contribution < 1.29 is 14.0 Å². The molecule has 3 amide bonds. The third kappa shape index (κ3) is 2.77. The number of carbonyl (C=O) groups excluding carboxylic acids is 2. The zero-order chi connectivity index (χ0) is 11.4. The van der Waals surface area contributed by atoms with Gasteiger partial charge in [0, 0.05) is 7.05 Å². The molecule has 0 heterocycles. The summed E-state index contributed by atoms with van der Waals surface area (Å²) in [7, 11) is 1.26. The predicted octanol–water partition coefficient (Wildman–Crippen LogP) is 0.905. The smallest absolute Gasteiger partial charge is 0.321 e. The molecule has 4 nitrogen and oxygen atoms in total. The molecule has 0 atom stereocenters. The van der Waals surface area contributed by atoms with Gasteiger partial charge >= 0.3 is 6.03 Å². The average molecular weight is 210 g/mol. The van der Waals surface area contributed by atoms with Gasteiger partial charge in [0.2, 0.25) is 5.91 Å². The molecule has 1 rings (SSSR count). The maximum atomic E-state index is 13.1. The predicted molar refractivity (Wildman–Crippen MR) is 52.5 cm³/mol. The van der Waals surface area contributed by atoms with Gasteiger partial charge in [0.25, 0.3) is 0 Å². The first-order valence-corrected chi connectivity index (χ1v) is 4.31. The highest BCUT2D eigenvalue weighted by molar-refractivity contribution is 5.94. The molecule has 0 aliphatic heterocycles. The second-order valence-corrected chi connectivity index (χ2v) is 3.06. The standard InChI is InChI=1S/C10H11FN2O2/c1-13(10(12)15)9(14)6-7-4-2-3-5-8(7)11/h2-5H,6H2,1H3,(H2,12,15). The van der Waals surface area contributed by atoms with E-state index < -0.39 is 17.8 Å². The zero-order valence-electron chi connectivity index (χ0n) is 8.24. The zero-order valence-corrected chi connectivity index (χ0v) is 8.24. The highest BCUT2D eigenvalue weighted by Gasteiger charge is 2.15. The summed E-state index contributed by atoms with van der Waals surface area (Å²) in [6.07, 6.45) is -0.174. The van der Waals surface area contributed by atoms with E-state index in [4.69, 9.17) is 5.73 Å². The Bertz CT molecular complexity index is 393. The number of hydrogen-bond acceptors (Lipinski definition) is 2. The minimum atomic E-state index is -0.851. The van der Waals surface area contributed by atoms with E-state index in [9.17, 15) is 14.0 Å². The Kier molecular flexibility index (Phi) is 3.38. The molecular weight excluding hydrogens is 199 g/mol. The van der Waals surface area contributed by atoms with Crippen LogP contribution in [-0.4, -0.2) is 23.9 Å². The number of benzene rings is 1. The first-order valence-electron chi connectivity index (χ1n) is 4.31. The van der Waals surface area contributed by atoms with Crippen LogP contribution >= 0.6 is 0 Å². The van der Waals surface area contributed by atoms with E-state index in [2.05, 4.69) is 0 Å². The number of halogens is 1. The number of likely N-dealkylation sites (N-methyl/N-ethyl adjacent to an activating group) is 1. The molecular formula is C10H11FN2O2. The molecule has 0 fully saturated rings. The van der Waals surface area contributed by atoms with Gasteiger partial charge in [0.1, 0.15) is 5.82 Å². The quantitative estimate of drug-likeness (QED) is 0.788. The molecule has 2 N–H and O–H groups in total. The number of primary amides is 1. The van der Waals surface area contributed by atoms with Crippen molar-refractivity contribution in [2.45, 2.75) is 6.42 Å². The number of hydrogen-bond donors (Lipinski definition) is 1. The van der Waals surface area contributed by atoms with Crippen molar-refractivity contribution in [3.8, 4) is 0 Å². The van der Waals surface area contributed by atoms with Crippen LogP contribution in [0.2, 0.25) is 0 Å². The number of urea groups is 1. The maximum Gasteiger partial charge on any atom is 0.321 e. The van der Waals surface area contributed by atoms with Gasteiger partial charge < -0.3 is 5.73 Å². The largest absolute Gasteiger partial charge is 0.351 e. The number of imide groups is 1. The van der Waals surface area contributed by atoms with Crippen molar-refractivity contribution in [3.05, 3.63) is 35.6 Å². The first kappa shape index (κ1) is 11.2. The van der Waals surface area contributed by atoms with E-state index in [0.717, 1.165) is 4.90 Å². The van der Waals surface area contributed by atoms with Gasteiger partial charge in [0.15, 0.2) is 0 Å². The molecule has 0 saturated carbocycles. The van der Waals surface area contributed by atoms with Crippen LogP contribution in [0.1, 0.15) is 5.56 Å². The third-order valence-corrected chi connectivity index (χ3v) is 2.00. The van der Waals surface area contributed by atoms with Crippen LogP contribution in [-0.2, 0) is 11.2 Å². The monoisotopic (exact) mass is 210 g/mol. The van der Waals surface area contributed by atoms with E-state index in [1.165, 1.54) is 25.2 Å². The summed E-state index contributed by atoms with van der Waals surface area (Å²) in [5.41, 5.74) is 5.15. The number of nitrogens with zero attached hydrogens (tertiary/aromatic N) is 1. The van der Waals surface area contributed by atoms with Crippen molar-refractivity contribution in [2.24, 2.45) is 5.73 Å². The number of rotatable bonds is 2. The van der Waals surface area contributed by atoms with E-state index in [1.54, 1.807) is 6.07 Å². The molecule has 0 bridgehead atoms. The van der Waals surface area contributed by atoms with Gasteiger partial charge in [-0.25, -0.2) is 9.18 Å². The topological polar surface area (TPSA) is 63.4 Å². The van der Waals surface area contributed by atoms with Gasteiger partial charge in [-0.05, 0) is 11.6 Å². The minimum absolute atomic E-state index is 0.174. The minimum Gasteiger partial charge on any atom is -0.351 e. The Morgan fingerprint density at radius 3 is 2.53 bits per heavy atom. The summed E-state index contributed by atoms with van der Waals surface area (Å²) in [5.74, 6) is -1.00. The molecule has 0 saturated heterocycles. The summed E-state index contributed by atoms with van der Waals surface area (Å²) in [5, 5.41) is 0. The maximum absolute atomic E-state index is 13.1. The van der Waals surface area contributed by atoms with Crippen molar-refractivity contribution in [3.63, 3.8) is 0 Å². The normalized spacial score (nSPS) is 9.73. The third-order valence-electron chi connectivity index (χ3n) is 2.00. The van der Waals surface area contributed by atoms with Crippen molar-refractivity contribution in [2.75, 3.05) is 7.05 Å². The van der Waals surface area contributed by atoms with E-state index in [-0.39, 0.29) is 12.0 Å². The molecule has 0 radical (unpaired) electrons. The van der Waals surface area contributed by atoms with Crippen LogP contribution in [0.25, 0.3) is 0 Å². The van der Waals surface area contributed by atoms with Gasteiger partial charge in [-0.2, -0.15) is 0 Å². The molecule has 0 aliphatic rings. The van der Waals surface area contributed by atoms with Crippen LogP contribution in [0.3, 0.4) is 0 Å². The molecule has 5 heteroatoms. The Hall–Kier alpha value is -1.91. The van der Waals surface area contributed by atoms with E-state index in [0.29, 0.717) is 0 Å². The number of amides is 3. The fourth-order valence-electron chi connectivity index (χ4n) is 1.05. The van der Waals surface area contributed by atoms with Crippen molar-refractivity contribution >= 4 is 11.9 Å². The summed E-state index contributed by atoms with van der Waals surface area (Å²) < 4.78 is 13.1. The lowest BCUT2D eigenvalue weighted by atomic mass is 10.1. The summed E-state index contributed by atoms with van der Waals surface area (Å²) in [4.78, 5) is 22.8. The number of nitrogens with two attached hydrogens (primary N) is 1. The molecule has 0 unspecified atom stereocenters. The second-order valence-electron chi connectivity index (χ2n) is 3.06. The summed E-state index contributed by atoms with van der Waals surface area (Å²) in [6, 6.07) is 5.04. The van der Waals surface area contributed by atoms with Crippen molar-refractivity contribution in [1.29, 1.82) is 0 Å². The Labute approximate surface area is 86.5 Å². The van der Waals surface area contributed by atoms with Crippen LogP contribution in [0.15, 0.2) is 24.3 Å². The molecule has 15 heavy (non-hydrogen) atoms. The Morgan fingerprint density at radius 1 is 1.40 bits per heavy atom. The van der Waals surface area contributed by atoms with Gasteiger partial charge in [-0.3, -0.25) is 9.69 Å². The SMILES string of the molecule is CN(C(N)=O)C(=O)Cc1ccccc1F. The fraction of sp³-hybridized carbons (Fsp3) is 0.200. The summed E-state index contributed by atoms with van der Waals surface area (Å²) in [6.45, 7) is 0. The van der Waals surface area contributed by atoms with E-state index in [1.807, 2.05) is 0 Å².